The first-order chi connectivity index (χ1) is 52.7. The van der Waals surface area contributed by atoms with Crippen LogP contribution in [0, 0.1) is 83.5 Å². The van der Waals surface area contributed by atoms with Gasteiger partial charge in [-0.2, -0.15) is 9.37 Å². The zero-order chi connectivity index (χ0) is 83.0. The molecule has 7 aromatic carbocycles. The zero-order valence-corrected chi connectivity index (χ0v) is 69.6. The molecule has 0 bridgehead atoms. The van der Waals surface area contributed by atoms with Crippen LogP contribution in [0.15, 0.2) is 139 Å². The summed E-state index contributed by atoms with van der Waals surface area (Å²) in [4.78, 5) is 43.5. The fourth-order valence-corrected chi connectivity index (χ4v) is 13.5. The lowest BCUT2D eigenvalue weighted by molar-refractivity contribution is -0.387. The molecule has 2 fully saturated rings. The number of sulfone groups is 1. The van der Waals surface area contributed by atoms with Gasteiger partial charge in [-0.25, -0.2) is 17.8 Å². The number of halogens is 6. The molecule has 0 aliphatic carbocycles. The Hall–Kier alpha value is -9.54. The van der Waals surface area contributed by atoms with Gasteiger partial charge in [-0.3, -0.25) is 35.3 Å². The number of pyridine rings is 1. The molecule has 23 nitrogen and oxygen atoms in total. The number of hydrogen-bond acceptors (Lipinski definition) is 20. The summed E-state index contributed by atoms with van der Waals surface area (Å²) in [6.45, 7) is 34.1. The van der Waals surface area contributed by atoms with E-state index in [-0.39, 0.29) is 62.3 Å². The normalized spacial score (nSPS) is 12.8. The molecule has 602 valence electrons. The first-order valence-electron chi connectivity index (χ1n) is 36.4. The number of nitrogen functional groups attached to an aromatic ring is 1. The third kappa shape index (κ3) is 27.1. The molecule has 0 radical (unpaired) electrons. The maximum absolute atomic E-state index is 12.9. The van der Waals surface area contributed by atoms with E-state index in [4.69, 9.17) is 71.1 Å². The second-order valence-electron chi connectivity index (χ2n) is 28.1. The van der Waals surface area contributed by atoms with Crippen molar-refractivity contribution in [3.63, 3.8) is 0 Å². The molecule has 2 aliphatic rings. The number of nitrogens with one attached hydrogen (secondary N) is 4. The van der Waals surface area contributed by atoms with Crippen LogP contribution in [0.25, 0.3) is 11.1 Å². The fraction of sp³-hybridized carbons (Fsp3) is 0.378. The van der Waals surface area contributed by atoms with E-state index in [9.17, 15) is 47.5 Å². The predicted octanol–water partition coefficient (Wildman–Crippen LogP) is 21.8. The molecule has 2 aliphatic heterocycles. The zero-order valence-electron chi connectivity index (χ0n) is 65.7. The average molecular weight is 1640 g/mol. The lowest BCUT2D eigenvalue weighted by Gasteiger charge is -2.26. The standard InChI is InChI=1S/C28H36ClN5O3S.C15H16N2O3.C15H24N2O.C10H12ClNO3.C7H5ClFNO2.C7H6ClF/c1-17(2)37-25-15-21(20-10-12-30-13-11-20)19(5)14-24(25)33-28-31-16-22(29)27(34-28)32-23-8-6-7-9-26(23)38(35,36)18(3)4;1-10(2)20-15-9-13(12-4-6-16-7-5-12)11(3)8-14(15)17(18)19;1-10(2)18-15-9-13(11(3)8-14(15)16)12-4-6-17-7-5-12;1-6(2)15-10-5-8(11)7(3)4-9(10)12(13)14;1-4-2-7(10(11)12)6(9)3-5(4)8;1-5-2-3-6(9)4-7(5)8/h6-9,14-18,20,30H,10-13H2,1-5H3,(H2,31,32,33,34);4-10H,1-3H3;8-10,12,17H,4-7,16H2,1-3H3;4-6H,1-3H3;2-3H,1H3;2-4H,1H3. The Morgan fingerprint density at radius 3 is 1.48 bits per heavy atom. The number of aromatic nitrogens is 3. The van der Waals surface area contributed by atoms with Gasteiger partial charge in [0.15, 0.2) is 27.2 Å². The lowest BCUT2D eigenvalue weighted by Crippen LogP contribution is -2.27. The number of benzene rings is 7. The number of nitro benzene ring substituents is 3. The largest absolute Gasteiger partial charge is 0.489 e. The summed E-state index contributed by atoms with van der Waals surface area (Å²) in [5, 5.41) is 46.1. The molecule has 0 saturated carbocycles. The first-order valence-corrected chi connectivity index (χ1v) is 39.5. The summed E-state index contributed by atoms with van der Waals surface area (Å²) in [5.74, 6) is 2.62. The predicted molar refractivity (Wildman–Crippen MR) is 445 cm³/mol. The summed E-state index contributed by atoms with van der Waals surface area (Å²) < 4.78 is 73.7. The monoisotopic (exact) mass is 1640 g/mol. The van der Waals surface area contributed by atoms with E-state index in [1.165, 1.54) is 65.6 Å². The Bertz CT molecular complexity index is 4820. The van der Waals surface area contributed by atoms with Crippen LogP contribution in [0.1, 0.15) is 151 Å². The van der Waals surface area contributed by atoms with Gasteiger partial charge in [0, 0.05) is 51.7 Å². The highest BCUT2D eigenvalue weighted by Crippen LogP contribution is 2.41. The van der Waals surface area contributed by atoms with Crippen molar-refractivity contribution in [3.05, 3.63) is 240 Å². The molecule has 4 heterocycles. The summed E-state index contributed by atoms with van der Waals surface area (Å²) in [7, 11) is -3.52. The lowest BCUT2D eigenvalue weighted by atomic mass is 9.87. The highest BCUT2D eigenvalue weighted by molar-refractivity contribution is 7.92. The number of para-hydroxylation sites is 1. The van der Waals surface area contributed by atoms with Gasteiger partial charge >= 0.3 is 17.1 Å². The van der Waals surface area contributed by atoms with Crippen molar-refractivity contribution in [1.82, 2.24) is 25.6 Å². The van der Waals surface area contributed by atoms with Crippen LogP contribution >= 0.6 is 46.4 Å². The van der Waals surface area contributed by atoms with Crippen LogP contribution in [0.4, 0.5) is 54.7 Å². The first kappa shape index (κ1) is 91.3. The molecule has 2 aromatic heterocycles. The molecule has 0 atom stereocenters. The van der Waals surface area contributed by atoms with E-state index in [1.54, 1.807) is 96.4 Å². The van der Waals surface area contributed by atoms with Crippen LogP contribution < -0.4 is 45.9 Å². The van der Waals surface area contributed by atoms with Gasteiger partial charge in [0.2, 0.25) is 11.8 Å². The second-order valence-corrected chi connectivity index (χ2v) is 32.2. The molecule has 2 saturated heterocycles. The molecule has 0 spiro atoms. The highest BCUT2D eigenvalue weighted by Gasteiger charge is 2.27. The van der Waals surface area contributed by atoms with Crippen LogP contribution in [0.5, 0.6) is 23.0 Å². The molecule has 30 heteroatoms. The molecular formula is C82H99Cl4F2N11O12S. The van der Waals surface area contributed by atoms with Crippen LogP contribution in [-0.2, 0) is 9.84 Å². The van der Waals surface area contributed by atoms with E-state index in [1.807, 2.05) is 67.5 Å². The summed E-state index contributed by atoms with van der Waals surface area (Å²) in [6.07, 6.45) is 9.37. The van der Waals surface area contributed by atoms with Crippen molar-refractivity contribution in [1.29, 1.82) is 0 Å². The second kappa shape index (κ2) is 42.9. The minimum atomic E-state index is -3.52. The van der Waals surface area contributed by atoms with Crippen molar-refractivity contribution < 1.29 is 50.9 Å². The van der Waals surface area contributed by atoms with Gasteiger partial charge < -0.3 is 45.9 Å². The molecular weight excluding hydrogens is 1540 g/mol. The number of ether oxygens (including phenoxy) is 4. The SMILES string of the molecule is Cc1cc(N)c(OC(C)C)cc1C1CCNCC1.Cc1cc(Nc2ncc(Cl)c(Nc3ccccc3S(=O)(=O)C(C)C)n2)c(OC(C)C)cc1C1CCNCC1.Cc1cc([N+](=O)[O-])c(F)cc1Cl.Cc1cc([N+](=O)[O-])c(OC(C)C)cc1-c1ccncc1.Cc1cc([N+](=O)[O-])c(OC(C)C)cc1Cl.Cc1ccc(F)cc1Cl. The fourth-order valence-electron chi connectivity index (χ4n) is 11.7. The Balaban J connectivity index is 0.000000225. The van der Waals surface area contributed by atoms with Crippen LogP contribution in [0.2, 0.25) is 20.1 Å². The van der Waals surface area contributed by atoms with Gasteiger partial charge in [0.25, 0.3) is 0 Å². The van der Waals surface area contributed by atoms with E-state index >= 15 is 0 Å². The van der Waals surface area contributed by atoms with Crippen LogP contribution in [0.3, 0.4) is 0 Å². The van der Waals surface area contributed by atoms with Crippen LogP contribution in [-0.4, -0.2) is 94.0 Å². The highest BCUT2D eigenvalue weighted by atomic mass is 35.5. The number of piperidine rings is 2. The smallest absolute Gasteiger partial charge is 0.311 e. The third-order valence-corrected chi connectivity index (χ3v) is 21.0. The molecule has 11 rings (SSSR count). The Morgan fingerprint density at radius 2 is 0.973 bits per heavy atom. The molecule has 0 amide bonds. The topological polar surface area (TPSA) is 313 Å². The summed E-state index contributed by atoms with van der Waals surface area (Å²) >= 11 is 23.4. The Kier molecular flexibility index (Phi) is 35.0. The van der Waals surface area contributed by atoms with Crippen molar-refractivity contribution >= 4 is 102 Å². The Labute approximate surface area is 674 Å². The number of nitrogens with zero attached hydrogens (tertiary/aromatic N) is 6. The molecule has 6 N–H and O–H groups in total. The number of aryl methyl sites for hydroxylation is 6. The molecule has 112 heavy (non-hydrogen) atoms. The van der Waals surface area contributed by atoms with Crippen molar-refractivity contribution in [3.8, 4) is 34.1 Å². The summed E-state index contributed by atoms with van der Waals surface area (Å²) in [6, 6.07) is 31.4. The van der Waals surface area contributed by atoms with Gasteiger partial charge in [0.05, 0.1) is 72.6 Å². The van der Waals surface area contributed by atoms with Gasteiger partial charge in [-0.05, 0) is 303 Å². The van der Waals surface area contributed by atoms with E-state index < -0.39 is 41.4 Å². The van der Waals surface area contributed by atoms with E-state index in [2.05, 4.69) is 74.3 Å². The minimum absolute atomic E-state index is 0.00555. The van der Waals surface area contributed by atoms with Crippen molar-refractivity contribution in [2.45, 2.75) is 183 Å². The van der Waals surface area contributed by atoms with Crippen molar-refractivity contribution in [2.24, 2.45) is 0 Å². The number of anilines is 5. The van der Waals surface area contributed by atoms with Gasteiger partial charge in [-0.1, -0.05) is 64.6 Å². The maximum Gasteiger partial charge on any atom is 0.311 e. The Morgan fingerprint density at radius 1 is 0.509 bits per heavy atom. The van der Waals surface area contributed by atoms with E-state index in [0.717, 1.165) is 96.3 Å². The number of hydrogen-bond donors (Lipinski definition) is 5. The average Bonchev–Trinajstić information content (AvgIpc) is 0.815. The minimum Gasteiger partial charge on any atom is -0.489 e. The maximum atomic E-state index is 12.9. The van der Waals surface area contributed by atoms with E-state index in [0.29, 0.717) is 56.2 Å². The number of nitro groups is 3. The molecule has 0 unspecified atom stereocenters. The molecule has 9 aromatic rings. The van der Waals surface area contributed by atoms with Crippen molar-refractivity contribution in [2.75, 3.05) is 42.5 Å². The quantitative estimate of drug-likeness (QED) is 0.0269. The van der Waals surface area contributed by atoms with Gasteiger partial charge in [-0.15, -0.1) is 0 Å². The summed E-state index contributed by atoms with van der Waals surface area (Å²) in [5.41, 5.74) is 17.3. The number of nitrogens with two attached hydrogens (primary N) is 1. The number of rotatable bonds is 20. The van der Waals surface area contributed by atoms with Gasteiger partial charge in [0.1, 0.15) is 22.3 Å². The third-order valence-electron chi connectivity index (χ3n) is 17.3.